The molecule has 17 nitrogen and oxygen atoms in total. The van der Waals surface area contributed by atoms with Crippen LogP contribution in [0.25, 0.3) is 0 Å². The number of rotatable bonds is 78. The minimum atomic E-state index is -4.96. The Morgan fingerprint density at radius 3 is 0.687 bits per heavy atom. The van der Waals surface area contributed by atoms with E-state index in [1.54, 1.807) is 0 Å². The number of ether oxygens (including phenoxy) is 4. The molecule has 588 valence electrons. The van der Waals surface area contributed by atoms with Crippen molar-refractivity contribution in [3.05, 3.63) is 0 Å². The van der Waals surface area contributed by atoms with Gasteiger partial charge in [-0.15, -0.1) is 0 Å². The molecule has 0 spiro atoms. The molecule has 0 aliphatic rings. The molecule has 0 aromatic carbocycles. The summed E-state index contributed by atoms with van der Waals surface area (Å²) in [6, 6.07) is 0. The Hall–Kier alpha value is -1.94. The molecule has 0 saturated heterocycles. The number of phosphoric ester groups is 2. The van der Waals surface area contributed by atoms with Gasteiger partial charge in [-0.1, -0.05) is 363 Å². The van der Waals surface area contributed by atoms with Crippen molar-refractivity contribution >= 4 is 39.5 Å². The van der Waals surface area contributed by atoms with Crippen molar-refractivity contribution in [2.24, 2.45) is 17.8 Å². The molecule has 0 rings (SSSR count). The largest absolute Gasteiger partial charge is 0.472 e. The number of esters is 4. The van der Waals surface area contributed by atoms with Crippen LogP contribution in [0.1, 0.15) is 414 Å². The molecule has 3 N–H and O–H groups in total. The highest BCUT2D eigenvalue weighted by Gasteiger charge is 2.30. The van der Waals surface area contributed by atoms with Gasteiger partial charge in [0.25, 0.3) is 0 Å². The van der Waals surface area contributed by atoms with Gasteiger partial charge in [0.2, 0.25) is 0 Å². The van der Waals surface area contributed by atoms with Gasteiger partial charge in [-0.05, 0) is 43.4 Å². The van der Waals surface area contributed by atoms with Crippen LogP contribution in [-0.2, 0) is 65.4 Å². The maximum atomic E-state index is 13.1. The van der Waals surface area contributed by atoms with Gasteiger partial charge >= 0.3 is 39.5 Å². The Bertz CT molecular complexity index is 1920. The highest BCUT2D eigenvalue weighted by Crippen LogP contribution is 2.45. The lowest BCUT2D eigenvalue weighted by molar-refractivity contribution is -0.161. The van der Waals surface area contributed by atoms with E-state index in [0.717, 1.165) is 108 Å². The number of aliphatic hydroxyl groups is 1. The molecule has 99 heavy (non-hydrogen) atoms. The van der Waals surface area contributed by atoms with Crippen LogP contribution in [0.2, 0.25) is 0 Å². The first-order valence-electron chi connectivity index (χ1n) is 41.3. The van der Waals surface area contributed by atoms with Crippen LogP contribution in [-0.4, -0.2) is 96.7 Å². The summed E-state index contributed by atoms with van der Waals surface area (Å²) in [5.41, 5.74) is 0. The molecule has 0 aliphatic heterocycles. The molecule has 0 bridgehead atoms. The smallest absolute Gasteiger partial charge is 0.462 e. The summed E-state index contributed by atoms with van der Waals surface area (Å²) in [6.45, 7) is 11.9. The van der Waals surface area contributed by atoms with Gasteiger partial charge in [0.15, 0.2) is 12.2 Å². The lowest BCUT2D eigenvalue weighted by Crippen LogP contribution is -2.30. The summed E-state index contributed by atoms with van der Waals surface area (Å²) in [4.78, 5) is 73.0. The van der Waals surface area contributed by atoms with Crippen molar-refractivity contribution < 1.29 is 80.2 Å². The number of aliphatic hydroxyl groups excluding tert-OH is 1. The van der Waals surface area contributed by atoms with Crippen LogP contribution in [0.4, 0.5) is 0 Å². The van der Waals surface area contributed by atoms with E-state index in [-0.39, 0.29) is 25.7 Å². The highest BCUT2D eigenvalue weighted by molar-refractivity contribution is 7.47. The van der Waals surface area contributed by atoms with E-state index in [1.807, 2.05) is 0 Å². The maximum Gasteiger partial charge on any atom is 0.472 e. The van der Waals surface area contributed by atoms with Crippen molar-refractivity contribution in [3.63, 3.8) is 0 Å². The van der Waals surface area contributed by atoms with E-state index < -0.39 is 97.5 Å². The molecule has 0 aromatic heterocycles. The Balaban J connectivity index is 5.24. The Labute approximate surface area is 607 Å². The van der Waals surface area contributed by atoms with Gasteiger partial charge in [-0.2, -0.15) is 0 Å². The molecule has 0 saturated carbocycles. The molecule has 0 radical (unpaired) electrons. The third kappa shape index (κ3) is 74.1. The molecule has 19 heteroatoms. The molecule has 2 unspecified atom stereocenters. The number of unbranched alkanes of at least 4 members (excludes halogenated alkanes) is 46. The van der Waals surface area contributed by atoms with Crippen LogP contribution in [0, 0.1) is 17.8 Å². The molecule has 0 fully saturated rings. The van der Waals surface area contributed by atoms with Crippen LogP contribution in [0.3, 0.4) is 0 Å². The zero-order valence-electron chi connectivity index (χ0n) is 65.0. The van der Waals surface area contributed by atoms with Crippen molar-refractivity contribution in [1.82, 2.24) is 0 Å². The van der Waals surface area contributed by atoms with Crippen molar-refractivity contribution in [3.8, 4) is 0 Å². The standard InChI is InChI=1S/C80H156O17P2/c1-8-9-10-11-12-13-14-15-16-17-18-19-20-21-22-23-35-42-49-56-63-79(84)96-75(67-90-77(82)61-54-47-40-33-27-24-30-37-44-51-58-71(2)3)69-94-98(86,87)92-65-74(81)66-93-99(88,89)95-70-76(97-80(85)64-57-50-43-36-29-26-32-39-46-53-60-73(6)7)68-91-78(83)62-55-48-41-34-28-25-31-38-45-52-59-72(4)5/h71-76,81H,8-70H2,1-7H3,(H,86,87)(H,88,89)/t74-,75-,76-/m1/s1. The lowest BCUT2D eigenvalue weighted by atomic mass is 10.0. The molecule has 0 heterocycles. The third-order valence-electron chi connectivity index (χ3n) is 18.6. The number of hydrogen-bond donors (Lipinski definition) is 3. The summed E-state index contributed by atoms with van der Waals surface area (Å²) in [6.07, 6.45) is 58.3. The Morgan fingerprint density at radius 1 is 0.273 bits per heavy atom. The van der Waals surface area contributed by atoms with Crippen molar-refractivity contribution in [1.29, 1.82) is 0 Å². The number of hydrogen-bond acceptors (Lipinski definition) is 15. The first-order chi connectivity index (χ1) is 47.7. The van der Waals surface area contributed by atoms with Crippen LogP contribution >= 0.6 is 15.6 Å². The van der Waals surface area contributed by atoms with Crippen molar-refractivity contribution in [2.75, 3.05) is 39.6 Å². The molecular formula is C80H156O17P2. The summed E-state index contributed by atoms with van der Waals surface area (Å²) in [5.74, 6) is 0.156. The maximum absolute atomic E-state index is 13.1. The van der Waals surface area contributed by atoms with Gasteiger partial charge in [0.1, 0.15) is 19.3 Å². The van der Waals surface area contributed by atoms with Crippen LogP contribution in [0.5, 0.6) is 0 Å². The summed E-state index contributed by atoms with van der Waals surface area (Å²) in [7, 11) is -9.92. The molecule has 0 aromatic rings. The minimum Gasteiger partial charge on any atom is -0.462 e. The molecular weight excluding hydrogens is 1290 g/mol. The summed E-state index contributed by atoms with van der Waals surface area (Å²) < 4.78 is 68.7. The second-order valence-electron chi connectivity index (χ2n) is 30.2. The summed E-state index contributed by atoms with van der Waals surface area (Å²) >= 11 is 0. The quantitative estimate of drug-likeness (QED) is 0.0222. The SMILES string of the molecule is CCCCCCCCCCCCCCCCCCCCCCC(=O)O[C@H](COC(=O)CCCCCCCCCCCCC(C)C)COP(=O)(O)OC[C@@H](O)COP(=O)(O)OC[C@@H](COC(=O)CCCCCCCCCCCCC(C)C)OC(=O)CCCCCCCCCCCCC(C)C. The average Bonchev–Trinajstić information content (AvgIpc) is 1.09. The van der Waals surface area contributed by atoms with E-state index in [1.165, 1.54) is 225 Å². The normalized spacial score (nSPS) is 14.0. The zero-order valence-corrected chi connectivity index (χ0v) is 66.8. The lowest BCUT2D eigenvalue weighted by Gasteiger charge is -2.21. The van der Waals surface area contributed by atoms with Gasteiger partial charge in [-0.25, -0.2) is 9.13 Å². The van der Waals surface area contributed by atoms with E-state index in [4.69, 9.17) is 37.0 Å². The van der Waals surface area contributed by atoms with Gasteiger partial charge in [-0.3, -0.25) is 37.3 Å². The predicted octanol–water partition coefficient (Wildman–Crippen LogP) is 23.7. The first-order valence-corrected chi connectivity index (χ1v) is 44.3. The summed E-state index contributed by atoms with van der Waals surface area (Å²) in [5, 5.41) is 10.6. The monoisotopic (exact) mass is 1450 g/mol. The van der Waals surface area contributed by atoms with Crippen LogP contribution < -0.4 is 0 Å². The fourth-order valence-corrected chi connectivity index (χ4v) is 13.9. The predicted molar refractivity (Wildman–Crippen MR) is 405 cm³/mol. The second kappa shape index (κ2) is 70.4. The highest BCUT2D eigenvalue weighted by atomic mass is 31.2. The van der Waals surface area contributed by atoms with E-state index in [2.05, 4.69) is 48.5 Å². The van der Waals surface area contributed by atoms with Crippen molar-refractivity contribution in [2.45, 2.75) is 433 Å². The Morgan fingerprint density at radius 2 is 0.465 bits per heavy atom. The average molecular weight is 1450 g/mol. The second-order valence-corrected chi connectivity index (χ2v) is 33.1. The molecule has 5 atom stereocenters. The topological polar surface area (TPSA) is 237 Å². The Kier molecular flexibility index (Phi) is 69.0. The fraction of sp³-hybridized carbons (Fsp3) is 0.950. The number of phosphoric acid groups is 2. The fourth-order valence-electron chi connectivity index (χ4n) is 12.3. The van der Waals surface area contributed by atoms with Gasteiger partial charge in [0.05, 0.1) is 26.4 Å². The molecule has 0 amide bonds. The number of carbonyl (C=O) groups excluding carboxylic acids is 4. The molecule has 0 aliphatic carbocycles. The van der Waals surface area contributed by atoms with E-state index in [0.29, 0.717) is 25.7 Å². The van der Waals surface area contributed by atoms with Crippen LogP contribution in [0.15, 0.2) is 0 Å². The van der Waals surface area contributed by atoms with E-state index in [9.17, 15) is 43.2 Å². The third-order valence-corrected chi connectivity index (χ3v) is 20.5. The van der Waals surface area contributed by atoms with Gasteiger partial charge < -0.3 is 33.8 Å². The van der Waals surface area contributed by atoms with Gasteiger partial charge in [0, 0.05) is 25.7 Å². The first kappa shape index (κ1) is 97.1. The minimum absolute atomic E-state index is 0.106. The number of carbonyl (C=O) groups is 4. The zero-order chi connectivity index (χ0) is 73.0. The van der Waals surface area contributed by atoms with E-state index >= 15 is 0 Å².